The van der Waals surface area contributed by atoms with E-state index in [9.17, 15) is 4.79 Å². The van der Waals surface area contributed by atoms with Crippen LogP contribution in [0.2, 0.25) is 0 Å². The molecule has 2 rings (SSSR count). The molecule has 0 saturated heterocycles. The Morgan fingerprint density at radius 3 is 2.43 bits per heavy atom. The Labute approximate surface area is 123 Å². The molecule has 0 aliphatic rings. The second-order valence-electron chi connectivity index (χ2n) is 4.62. The van der Waals surface area contributed by atoms with Gasteiger partial charge in [0.05, 0.1) is 7.11 Å². The summed E-state index contributed by atoms with van der Waals surface area (Å²) >= 11 is 0. The van der Waals surface area contributed by atoms with Crippen LogP contribution in [0, 0.1) is 0 Å². The topological polar surface area (TPSA) is 74.4 Å². The fourth-order valence-electron chi connectivity index (χ4n) is 1.86. The fourth-order valence-corrected chi connectivity index (χ4v) is 1.86. The smallest absolute Gasteiger partial charge is 0.322 e. The van der Waals surface area contributed by atoms with Gasteiger partial charge in [-0.25, -0.2) is 0 Å². The molecule has 2 N–H and O–H groups in total. The maximum atomic E-state index is 11.3. The third-order valence-corrected chi connectivity index (χ3v) is 3.04. The summed E-state index contributed by atoms with van der Waals surface area (Å²) < 4.78 is 10.3. The Morgan fingerprint density at radius 1 is 1.14 bits per heavy atom. The second-order valence-corrected chi connectivity index (χ2v) is 4.62. The number of hydrogen-bond donors (Lipinski definition) is 1. The summed E-state index contributed by atoms with van der Waals surface area (Å²) in [6, 6.07) is 10.7. The number of ether oxygens (including phenoxy) is 2. The first-order chi connectivity index (χ1) is 10.2. The number of aromatic nitrogens is 1. The lowest BCUT2D eigenvalue weighted by molar-refractivity contribution is -0.142. The molecule has 0 bridgehead atoms. The Balaban J connectivity index is 1.88. The van der Waals surface area contributed by atoms with Crippen LogP contribution < -0.4 is 10.5 Å². The van der Waals surface area contributed by atoms with Crippen LogP contribution in [-0.2, 0) is 22.6 Å². The minimum atomic E-state index is -0.640. The molecule has 0 amide bonds. The van der Waals surface area contributed by atoms with Crippen LogP contribution in [0.5, 0.6) is 5.75 Å². The fraction of sp³-hybridized carbons (Fsp3) is 0.250. The first-order valence-corrected chi connectivity index (χ1v) is 6.63. The van der Waals surface area contributed by atoms with Gasteiger partial charge in [0.1, 0.15) is 18.4 Å². The highest BCUT2D eigenvalue weighted by Gasteiger charge is 2.13. The molecule has 0 aliphatic carbocycles. The van der Waals surface area contributed by atoms with Gasteiger partial charge in [-0.1, -0.05) is 12.1 Å². The van der Waals surface area contributed by atoms with Crippen molar-refractivity contribution in [2.45, 2.75) is 19.1 Å². The van der Waals surface area contributed by atoms with Crippen molar-refractivity contribution in [1.82, 2.24) is 4.98 Å². The van der Waals surface area contributed by atoms with Crippen molar-refractivity contribution in [1.29, 1.82) is 0 Å². The zero-order valence-corrected chi connectivity index (χ0v) is 11.9. The van der Waals surface area contributed by atoms with Crippen molar-refractivity contribution in [3.8, 4) is 5.75 Å². The number of nitrogens with two attached hydrogens (primary N) is 1. The van der Waals surface area contributed by atoms with Crippen LogP contribution >= 0.6 is 0 Å². The van der Waals surface area contributed by atoms with Crippen LogP contribution in [0.1, 0.15) is 11.1 Å². The van der Waals surface area contributed by atoms with E-state index in [1.54, 1.807) is 12.4 Å². The van der Waals surface area contributed by atoms with Crippen LogP contribution in [0.15, 0.2) is 48.8 Å². The third-order valence-electron chi connectivity index (χ3n) is 3.04. The van der Waals surface area contributed by atoms with Gasteiger partial charge in [-0.15, -0.1) is 0 Å². The standard InChI is InChI=1S/C16H18N2O3/c1-20-16(19)15(17)10-12-2-4-14(5-3-12)21-11-13-6-8-18-9-7-13/h2-9,15H,10-11,17H2,1H3. The van der Waals surface area contributed by atoms with Crippen molar-refractivity contribution in [2.24, 2.45) is 5.73 Å². The summed E-state index contributed by atoms with van der Waals surface area (Å²) in [5.41, 5.74) is 7.74. The monoisotopic (exact) mass is 286 g/mol. The molecule has 0 aliphatic heterocycles. The molecule has 1 atom stereocenters. The first kappa shape index (κ1) is 15.0. The quantitative estimate of drug-likeness (QED) is 0.818. The molecule has 2 aromatic rings. The van der Waals surface area contributed by atoms with E-state index in [2.05, 4.69) is 9.72 Å². The van der Waals surface area contributed by atoms with E-state index in [0.29, 0.717) is 13.0 Å². The number of carbonyl (C=O) groups is 1. The van der Waals surface area contributed by atoms with E-state index >= 15 is 0 Å². The lowest BCUT2D eigenvalue weighted by Crippen LogP contribution is -2.33. The molecule has 5 heteroatoms. The molecular weight excluding hydrogens is 268 g/mol. The summed E-state index contributed by atoms with van der Waals surface area (Å²) in [6.07, 6.45) is 3.91. The maximum Gasteiger partial charge on any atom is 0.322 e. The van der Waals surface area contributed by atoms with Crippen molar-refractivity contribution in [2.75, 3.05) is 7.11 Å². The lowest BCUT2D eigenvalue weighted by Gasteiger charge is -2.10. The molecule has 0 spiro atoms. The van der Waals surface area contributed by atoms with Gasteiger partial charge in [0, 0.05) is 12.4 Å². The normalized spacial score (nSPS) is 11.7. The highest BCUT2D eigenvalue weighted by Crippen LogP contribution is 2.15. The number of esters is 1. The highest BCUT2D eigenvalue weighted by atomic mass is 16.5. The molecule has 0 fully saturated rings. The van der Waals surface area contributed by atoms with Gasteiger partial charge in [0.15, 0.2) is 0 Å². The number of hydrogen-bond acceptors (Lipinski definition) is 5. The number of rotatable bonds is 6. The SMILES string of the molecule is COC(=O)C(N)Cc1ccc(OCc2ccncc2)cc1. The Morgan fingerprint density at radius 2 is 1.81 bits per heavy atom. The minimum absolute atomic E-state index is 0.409. The second kappa shape index (κ2) is 7.40. The molecule has 1 heterocycles. The van der Waals surface area contributed by atoms with Crippen molar-refractivity contribution in [3.05, 3.63) is 59.9 Å². The van der Waals surface area contributed by atoms with Gasteiger partial charge in [-0.05, 0) is 41.8 Å². The summed E-state index contributed by atoms with van der Waals surface area (Å²) in [5.74, 6) is 0.357. The number of carbonyl (C=O) groups excluding carboxylic acids is 1. The van der Waals surface area contributed by atoms with Crippen LogP contribution in [-0.4, -0.2) is 24.1 Å². The van der Waals surface area contributed by atoms with Gasteiger partial charge >= 0.3 is 5.97 Å². The predicted molar refractivity (Wildman–Crippen MR) is 78.7 cm³/mol. The van der Waals surface area contributed by atoms with Crippen LogP contribution in [0.3, 0.4) is 0 Å². The average molecular weight is 286 g/mol. The Bertz CT molecular complexity index is 570. The summed E-state index contributed by atoms with van der Waals surface area (Å²) in [7, 11) is 1.33. The van der Waals surface area contributed by atoms with E-state index < -0.39 is 12.0 Å². The maximum absolute atomic E-state index is 11.3. The van der Waals surface area contributed by atoms with Gasteiger partial charge in [-0.2, -0.15) is 0 Å². The van der Waals surface area contributed by atoms with Gasteiger partial charge in [-0.3, -0.25) is 9.78 Å². The lowest BCUT2D eigenvalue weighted by atomic mass is 10.1. The van der Waals surface area contributed by atoms with E-state index in [4.69, 9.17) is 10.5 Å². The van der Waals surface area contributed by atoms with Crippen molar-refractivity contribution < 1.29 is 14.3 Å². The number of nitrogens with zero attached hydrogens (tertiary/aromatic N) is 1. The van der Waals surface area contributed by atoms with Crippen LogP contribution in [0.4, 0.5) is 0 Å². The summed E-state index contributed by atoms with van der Waals surface area (Å²) in [5, 5.41) is 0. The van der Waals surface area contributed by atoms with Gasteiger partial charge in [0.2, 0.25) is 0 Å². The summed E-state index contributed by atoms with van der Waals surface area (Å²) in [4.78, 5) is 15.2. The van der Waals surface area contributed by atoms with Gasteiger partial charge in [0.25, 0.3) is 0 Å². The van der Waals surface area contributed by atoms with E-state index in [1.165, 1.54) is 7.11 Å². The molecule has 21 heavy (non-hydrogen) atoms. The first-order valence-electron chi connectivity index (χ1n) is 6.63. The molecule has 110 valence electrons. The Kier molecular flexibility index (Phi) is 5.29. The van der Waals surface area contributed by atoms with Crippen molar-refractivity contribution >= 4 is 5.97 Å². The number of benzene rings is 1. The molecule has 1 unspecified atom stereocenters. The molecule has 0 radical (unpaired) electrons. The highest BCUT2D eigenvalue weighted by molar-refractivity contribution is 5.75. The zero-order chi connectivity index (χ0) is 15.1. The summed E-state index contributed by atoms with van der Waals surface area (Å²) in [6.45, 7) is 0.490. The van der Waals surface area contributed by atoms with Gasteiger partial charge < -0.3 is 15.2 Å². The van der Waals surface area contributed by atoms with E-state index in [-0.39, 0.29) is 0 Å². The third kappa shape index (κ3) is 4.57. The predicted octanol–water partition coefficient (Wildman–Crippen LogP) is 1.70. The molecular formula is C16H18N2O3. The van der Waals surface area contributed by atoms with E-state index in [1.807, 2.05) is 36.4 Å². The largest absolute Gasteiger partial charge is 0.489 e. The Hall–Kier alpha value is -2.40. The molecule has 5 nitrogen and oxygen atoms in total. The molecule has 1 aromatic heterocycles. The zero-order valence-electron chi connectivity index (χ0n) is 11.9. The molecule has 1 aromatic carbocycles. The number of pyridine rings is 1. The van der Waals surface area contributed by atoms with E-state index in [0.717, 1.165) is 16.9 Å². The minimum Gasteiger partial charge on any atom is -0.489 e. The van der Waals surface area contributed by atoms with Crippen LogP contribution in [0.25, 0.3) is 0 Å². The number of methoxy groups -OCH3 is 1. The average Bonchev–Trinajstić information content (AvgIpc) is 2.54. The molecule has 0 saturated carbocycles. The van der Waals surface area contributed by atoms with Crippen molar-refractivity contribution in [3.63, 3.8) is 0 Å².